The topological polar surface area (TPSA) is 20.2 Å². The van der Waals surface area contributed by atoms with Gasteiger partial charge in [0.05, 0.1) is 0 Å². The van der Waals surface area contributed by atoms with Gasteiger partial charge in [-0.1, -0.05) is 34.1 Å². The lowest BCUT2D eigenvalue weighted by Gasteiger charge is -2.12. The molecular weight excluding hydrogens is 284 g/mol. The largest absolute Gasteiger partial charge is 0.383 e. The van der Waals surface area contributed by atoms with Crippen LogP contribution in [0.1, 0.15) is 27.0 Å². The monoisotopic (exact) mass is 296 g/mol. The lowest BCUT2D eigenvalue weighted by molar-refractivity contribution is 0.222. The lowest BCUT2D eigenvalue weighted by atomic mass is 10.1. The highest BCUT2D eigenvalue weighted by Gasteiger charge is 2.17. The second kappa shape index (κ2) is 4.70. The first kappa shape index (κ1) is 11.8. The predicted octanol–water partition coefficient (Wildman–Crippen LogP) is 4.21. The summed E-state index contributed by atoms with van der Waals surface area (Å²) in [4.78, 5) is 2.27. The van der Waals surface area contributed by atoms with Crippen LogP contribution in [0.15, 0.2) is 34.8 Å². The molecule has 1 unspecified atom stereocenters. The minimum absolute atomic E-state index is 0.533. The van der Waals surface area contributed by atoms with Crippen LogP contribution in [0.25, 0.3) is 0 Å². The molecule has 3 heteroatoms. The van der Waals surface area contributed by atoms with Gasteiger partial charge in [0.15, 0.2) is 0 Å². The van der Waals surface area contributed by atoms with Gasteiger partial charge >= 0.3 is 0 Å². The first-order chi connectivity index (χ1) is 7.59. The van der Waals surface area contributed by atoms with E-state index in [4.69, 9.17) is 0 Å². The van der Waals surface area contributed by atoms with Gasteiger partial charge in [0.25, 0.3) is 0 Å². The molecule has 0 saturated carbocycles. The summed E-state index contributed by atoms with van der Waals surface area (Å²) in [7, 11) is 0. The lowest BCUT2D eigenvalue weighted by Crippen LogP contribution is -1.99. The zero-order valence-corrected chi connectivity index (χ0v) is 11.6. The van der Waals surface area contributed by atoms with Crippen molar-refractivity contribution in [3.05, 3.63) is 55.7 Å². The highest BCUT2D eigenvalue weighted by atomic mass is 79.9. The number of rotatable bonds is 2. The van der Waals surface area contributed by atoms with Gasteiger partial charge < -0.3 is 5.11 Å². The quantitative estimate of drug-likeness (QED) is 0.880. The molecule has 0 saturated heterocycles. The Morgan fingerprint density at radius 1 is 1.25 bits per heavy atom. The molecule has 2 aromatic rings. The third kappa shape index (κ3) is 2.21. The fourth-order valence-corrected chi connectivity index (χ4v) is 3.31. The van der Waals surface area contributed by atoms with Gasteiger partial charge in [-0.15, -0.1) is 11.3 Å². The number of aliphatic hydroxyl groups is 1. The second-order valence-electron chi connectivity index (χ2n) is 3.83. The van der Waals surface area contributed by atoms with Crippen molar-refractivity contribution >= 4 is 27.3 Å². The molecule has 0 bridgehead atoms. The van der Waals surface area contributed by atoms with Crippen molar-refractivity contribution in [2.75, 3.05) is 0 Å². The number of benzene rings is 1. The van der Waals surface area contributed by atoms with Gasteiger partial charge in [0.1, 0.15) is 6.10 Å². The number of thiophene rings is 1. The summed E-state index contributed by atoms with van der Waals surface area (Å²) in [5.41, 5.74) is 2.08. The van der Waals surface area contributed by atoms with Crippen molar-refractivity contribution < 1.29 is 5.11 Å². The van der Waals surface area contributed by atoms with E-state index >= 15 is 0 Å². The number of hydrogen-bond acceptors (Lipinski definition) is 2. The van der Waals surface area contributed by atoms with E-state index in [1.165, 1.54) is 4.88 Å². The number of aryl methyl sites for hydroxylation is 2. The summed E-state index contributed by atoms with van der Waals surface area (Å²) in [6, 6.07) is 9.91. The van der Waals surface area contributed by atoms with Gasteiger partial charge in [-0.3, -0.25) is 0 Å². The number of aliphatic hydroxyl groups excluding tert-OH is 1. The third-order valence-corrected chi connectivity index (χ3v) is 4.45. The Balaban J connectivity index is 2.43. The molecule has 0 amide bonds. The zero-order chi connectivity index (χ0) is 11.7. The molecule has 1 heterocycles. The fourth-order valence-electron chi connectivity index (χ4n) is 1.77. The first-order valence-electron chi connectivity index (χ1n) is 5.09. The van der Waals surface area contributed by atoms with Crippen molar-refractivity contribution in [1.29, 1.82) is 0 Å². The minimum Gasteiger partial charge on any atom is -0.383 e. The molecule has 0 radical (unpaired) electrons. The molecule has 1 atom stereocenters. The molecule has 84 valence electrons. The summed E-state index contributed by atoms with van der Waals surface area (Å²) < 4.78 is 0.952. The minimum atomic E-state index is -0.533. The average molecular weight is 297 g/mol. The van der Waals surface area contributed by atoms with Crippen molar-refractivity contribution in [3.63, 3.8) is 0 Å². The number of halogens is 1. The van der Waals surface area contributed by atoms with Gasteiger partial charge in [0.2, 0.25) is 0 Å². The van der Waals surface area contributed by atoms with E-state index in [0.29, 0.717) is 0 Å². The fraction of sp³-hybridized carbons (Fsp3) is 0.231. The van der Waals surface area contributed by atoms with Gasteiger partial charge in [0, 0.05) is 14.2 Å². The predicted molar refractivity (Wildman–Crippen MR) is 72.0 cm³/mol. The molecule has 16 heavy (non-hydrogen) atoms. The molecule has 0 aliphatic rings. The smallest absolute Gasteiger partial charge is 0.115 e. The van der Waals surface area contributed by atoms with Crippen LogP contribution in [-0.4, -0.2) is 5.11 Å². The van der Waals surface area contributed by atoms with Crippen LogP contribution in [0.2, 0.25) is 0 Å². The van der Waals surface area contributed by atoms with Crippen molar-refractivity contribution in [3.8, 4) is 0 Å². The molecule has 0 fully saturated rings. The molecule has 1 aromatic heterocycles. The van der Waals surface area contributed by atoms with Gasteiger partial charge in [-0.05, 0) is 37.1 Å². The van der Waals surface area contributed by atoms with Gasteiger partial charge in [-0.25, -0.2) is 0 Å². The summed E-state index contributed by atoms with van der Waals surface area (Å²) >= 11 is 5.13. The summed E-state index contributed by atoms with van der Waals surface area (Å²) in [5.74, 6) is 0. The van der Waals surface area contributed by atoms with E-state index in [-0.39, 0.29) is 0 Å². The van der Waals surface area contributed by atoms with Crippen molar-refractivity contribution in [2.24, 2.45) is 0 Å². The Morgan fingerprint density at radius 2 is 1.94 bits per heavy atom. The van der Waals surface area contributed by atoms with E-state index in [9.17, 15) is 5.11 Å². The maximum atomic E-state index is 10.3. The third-order valence-electron chi connectivity index (χ3n) is 2.53. The molecule has 1 aromatic carbocycles. The van der Waals surface area contributed by atoms with Crippen molar-refractivity contribution in [1.82, 2.24) is 0 Å². The SMILES string of the molecule is Cc1cc(C)c(C(O)c2ccccc2Br)s1. The standard InChI is InChI=1S/C13H13BrOS/c1-8-7-9(2)16-13(8)12(15)10-5-3-4-6-11(10)14/h3-7,12,15H,1-2H3. The van der Waals surface area contributed by atoms with Gasteiger partial charge in [-0.2, -0.15) is 0 Å². The normalized spacial score (nSPS) is 12.8. The Bertz CT molecular complexity index is 504. The van der Waals surface area contributed by atoms with E-state index in [1.54, 1.807) is 11.3 Å². The summed E-state index contributed by atoms with van der Waals surface area (Å²) in [5, 5.41) is 10.3. The molecule has 0 aliphatic heterocycles. The number of hydrogen-bond donors (Lipinski definition) is 1. The highest BCUT2D eigenvalue weighted by molar-refractivity contribution is 9.10. The molecule has 1 nitrogen and oxygen atoms in total. The van der Waals surface area contributed by atoms with Crippen LogP contribution in [-0.2, 0) is 0 Å². The highest BCUT2D eigenvalue weighted by Crippen LogP contribution is 2.34. The second-order valence-corrected chi connectivity index (χ2v) is 5.97. The van der Waals surface area contributed by atoms with Crippen LogP contribution in [0, 0.1) is 13.8 Å². The average Bonchev–Trinajstić information content (AvgIpc) is 2.58. The van der Waals surface area contributed by atoms with E-state index in [0.717, 1.165) is 20.5 Å². The Kier molecular flexibility index (Phi) is 3.47. The van der Waals surface area contributed by atoms with Crippen LogP contribution >= 0.6 is 27.3 Å². The summed E-state index contributed by atoms with van der Waals surface area (Å²) in [6.45, 7) is 4.10. The van der Waals surface area contributed by atoms with Crippen LogP contribution in [0.4, 0.5) is 0 Å². The molecule has 0 aliphatic carbocycles. The first-order valence-corrected chi connectivity index (χ1v) is 6.70. The van der Waals surface area contributed by atoms with Crippen LogP contribution < -0.4 is 0 Å². The molecule has 2 rings (SSSR count). The molecular formula is C13H13BrOS. The van der Waals surface area contributed by atoms with Crippen LogP contribution in [0.5, 0.6) is 0 Å². The zero-order valence-electron chi connectivity index (χ0n) is 9.20. The maximum Gasteiger partial charge on any atom is 0.115 e. The van der Waals surface area contributed by atoms with E-state index in [1.807, 2.05) is 31.2 Å². The van der Waals surface area contributed by atoms with E-state index in [2.05, 4.69) is 28.9 Å². The maximum absolute atomic E-state index is 10.3. The Morgan fingerprint density at radius 3 is 2.50 bits per heavy atom. The Hall–Kier alpha value is -0.640. The van der Waals surface area contributed by atoms with Crippen molar-refractivity contribution in [2.45, 2.75) is 20.0 Å². The van der Waals surface area contributed by atoms with E-state index < -0.39 is 6.10 Å². The van der Waals surface area contributed by atoms with Crippen LogP contribution in [0.3, 0.4) is 0 Å². The molecule has 1 N–H and O–H groups in total. The molecule has 0 spiro atoms. The Labute approximate surface area is 108 Å². The summed E-state index contributed by atoms with van der Waals surface area (Å²) in [6.07, 6.45) is -0.533.